The summed E-state index contributed by atoms with van der Waals surface area (Å²) in [6.07, 6.45) is 3.18. The van der Waals surface area contributed by atoms with Crippen molar-refractivity contribution in [2.75, 3.05) is 5.43 Å². The first-order chi connectivity index (χ1) is 12.9. The lowest BCUT2D eigenvalue weighted by Gasteiger charge is -2.08. The normalized spacial score (nSPS) is 10.9. The van der Waals surface area contributed by atoms with Gasteiger partial charge in [-0.3, -0.25) is 0 Å². The number of nitrogens with zero attached hydrogens (tertiary/aromatic N) is 3. The highest BCUT2D eigenvalue weighted by Crippen LogP contribution is 2.24. The zero-order valence-electron chi connectivity index (χ0n) is 13.9. The summed E-state index contributed by atoms with van der Waals surface area (Å²) < 4.78 is 5.23. The minimum absolute atomic E-state index is 0.424. The summed E-state index contributed by atoms with van der Waals surface area (Å²) in [6.45, 7) is 0. The molecule has 5 nitrogen and oxygen atoms in total. The third kappa shape index (κ3) is 3.67. The summed E-state index contributed by atoms with van der Waals surface area (Å²) in [5.41, 5.74) is 6.59. The molecule has 0 aliphatic rings. The molecule has 0 bridgehead atoms. The van der Waals surface area contributed by atoms with Gasteiger partial charge in [-0.05, 0) is 18.2 Å². The molecule has 0 saturated carbocycles. The molecule has 26 heavy (non-hydrogen) atoms. The standard InChI is InChI=1S/C21H16N4O/c1-3-8-16(9-4-1)19-14-20(17-10-5-2-6-11-17)24-21(23-19)25-22-15-18-12-7-13-26-18/h1-15H,(H,23,24,25)/b22-15-. The summed E-state index contributed by atoms with van der Waals surface area (Å²) in [4.78, 5) is 9.16. The van der Waals surface area contributed by atoms with Crippen molar-refractivity contribution in [1.29, 1.82) is 0 Å². The maximum absolute atomic E-state index is 5.23. The molecule has 0 fully saturated rings. The molecule has 1 N–H and O–H groups in total. The second-order valence-electron chi connectivity index (χ2n) is 5.58. The second-order valence-corrected chi connectivity index (χ2v) is 5.58. The molecule has 0 spiro atoms. The van der Waals surface area contributed by atoms with Crippen molar-refractivity contribution in [3.05, 3.63) is 90.9 Å². The number of hydrogen-bond donors (Lipinski definition) is 1. The van der Waals surface area contributed by atoms with Crippen LogP contribution < -0.4 is 5.43 Å². The fraction of sp³-hybridized carbons (Fsp3) is 0. The molecule has 5 heteroatoms. The second kappa shape index (κ2) is 7.44. The summed E-state index contributed by atoms with van der Waals surface area (Å²) >= 11 is 0. The predicted octanol–water partition coefficient (Wildman–Crippen LogP) is 4.85. The third-order valence-electron chi connectivity index (χ3n) is 3.76. The topological polar surface area (TPSA) is 63.3 Å². The molecule has 4 rings (SSSR count). The van der Waals surface area contributed by atoms with Crippen LogP contribution in [0.4, 0.5) is 5.95 Å². The minimum Gasteiger partial charge on any atom is -0.463 e. The van der Waals surface area contributed by atoms with Gasteiger partial charge in [-0.1, -0.05) is 60.7 Å². The lowest BCUT2D eigenvalue weighted by Crippen LogP contribution is -2.00. The van der Waals surface area contributed by atoms with Crippen LogP contribution in [0.25, 0.3) is 22.5 Å². The van der Waals surface area contributed by atoms with E-state index in [-0.39, 0.29) is 0 Å². The van der Waals surface area contributed by atoms with Gasteiger partial charge in [0.2, 0.25) is 5.95 Å². The molecule has 0 saturated heterocycles. The Morgan fingerprint density at radius 1 is 0.769 bits per heavy atom. The Kier molecular flexibility index (Phi) is 4.52. The van der Waals surface area contributed by atoms with E-state index >= 15 is 0 Å². The van der Waals surface area contributed by atoms with Gasteiger partial charge in [0, 0.05) is 11.1 Å². The first-order valence-electron chi connectivity index (χ1n) is 8.21. The van der Waals surface area contributed by atoms with Gasteiger partial charge in [-0.15, -0.1) is 0 Å². The number of nitrogens with one attached hydrogen (secondary N) is 1. The van der Waals surface area contributed by atoms with Crippen molar-refractivity contribution in [2.24, 2.45) is 5.10 Å². The van der Waals surface area contributed by atoms with Gasteiger partial charge in [0.05, 0.1) is 23.9 Å². The summed E-state index contributed by atoms with van der Waals surface area (Å²) in [5, 5.41) is 4.16. The van der Waals surface area contributed by atoms with Crippen LogP contribution in [0.15, 0.2) is 94.6 Å². The lowest BCUT2D eigenvalue weighted by atomic mass is 10.1. The summed E-state index contributed by atoms with van der Waals surface area (Å²) in [7, 11) is 0. The number of aromatic nitrogens is 2. The van der Waals surface area contributed by atoms with E-state index in [1.165, 1.54) is 0 Å². The van der Waals surface area contributed by atoms with Gasteiger partial charge in [0.15, 0.2) is 0 Å². The highest BCUT2D eigenvalue weighted by atomic mass is 16.3. The van der Waals surface area contributed by atoms with Gasteiger partial charge in [0.1, 0.15) is 5.76 Å². The number of benzene rings is 2. The first kappa shape index (κ1) is 15.8. The molecule has 0 unspecified atom stereocenters. The van der Waals surface area contributed by atoms with E-state index in [4.69, 9.17) is 4.42 Å². The fourth-order valence-corrected chi connectivity index (χ4v) is 2.53. The molecule has 4 aromatic rings. The molecule has 0 aliphatic heterocycles. The summed E-state index contributed by atoms with van der Waals surface area (Å²) in [5.74, 6) is 1.08. The molecular formula is C21H16N4O. The Labute approximate surface area is 151 Å². The fourth-order valence-electron chi connectivity index (χ4n) is 2.53. The van der Waals surface area contributed by atoms with Crippen LogP contribution in [0, 0.1) is 0 Å². The van der Waals surface area contributed by atoms with Crippen molar-refractivity contribution in [1.82, 2.24) is 9.97 Å². The summed E-state index contributed by atoms with van der Waals surface area (Å²) in [6, 6.07) is 25.6. The van der Waals surface area contributed by atoms with E-state index in [0.29, 0.717) is 11.7 Å². The molecule has 0 amide bonds. The molecule has 2 heterocycles. The number of hydrogen-bond acceptors (Lipinski definition) is 5. The monoisotopic (exact) mass is 340 g/mol. The minimum atomic E-state index is 0.424. The van der Waals surface area contributed by atoms with E-state index in [2.05, 4.69) is 20.5 Å². The largest absolute Gasteiger partial charge is 0.463 e. The van der Waals surface area contributed by atoms with Crippen molar-refractivity contribution in [3.8, 4) is 22.5 Å². The Morgan fingerprint density at radius 2 is 1.38 bits per heavy atom. The van der Waals surface area contributed by atoms with Gasteiger partial charge in [-0.2, -0.15) is 5.10 Å². The predicted molar refractivity (Wildman–Crippen MR) is 103 cm³/mol. The van der Waals surface area contributed by atoms with E-state index in [1.807, 2.05) is 72.8 Å². The quantitative estimate of drug-likeness (QED) is 0.417. The van der Waals surface area contributed by atoms with E-state index in [1.54, 1.807) is 18.5 Å². The number of furan rings is 1. The Balaban J connectivity index is 1.70. The number of hydrazone groups is 1. The SMILES string of the molecule is C(=N/Nc1nc(-c2ccccc2)cc(-c2ccccc2)n1)/c1ccco1. The molecule has 0 aliphatic carbocycles. The van der Waals surface area contributed by atoms with Crippen molar-refractivity contribution in [2.45, 2.75) is 0 Å². The molecule has 2 aromatic carbocycles. The van der Waals surface area contributed by atoms with Crippen molar-refractivity contribution >= 4 is 12.2 Å². The van der Waals surface area contributed by atoms with Gasteiger partial charge >= 0.3 is 0 Å². The average Bonchev–Trinajstić information content (AvgIpc) is 3.23. The molecular weight excluding hydrogens is 324 g/mol. The number of anilines is 1. The van der Waals surface area contributed by atoms with Gasteiger partial charge in [-0.25, -0.2) is 15.4 Å². The average molecular weight is 340 g/mol. The van der Waals surface area contributed by atoms with Crippen LogP contribution in [0.1, 0.15) is 5.76 Å². The lowest BCUT2D eigenvalue weighted by molar-refractivity contribution is 0.560. The van der Waals surface area contributed by atoms with Crippen LogP contribution in [0.2, 0.25) is 0 Å². The van der Waals surface area contributed by atoms with Crippen molar-refractivity contribution < 1.29 is 4.42 Å². The Morgan fingerprint density at radius 3 is 1.92 bits per heavy atom. The van der Waals surface area contributed by atoms with Gasteiger partial charge in [0.25, 0.3) is 0 Å². The van der Waals surface area contributed by atoms with Crippen LogP contribution >= 0.6 is 0 Å². The first-order valence-corrected chi connectivity index (χ1v) is 8.21. The maximum atomic E-state index is 5.23. The third-order valence-corrected chi connectivity index (χ3v) is 3.76. The van der Waals surface area contributed by atoms with Crippen LogP contribution in [0.3, 0.4) is 0 Å². The Bertz CT molecular complexity index is 939. The molecule has 0 radical (unpaired) electrons. The van der Waals surface area contributed by atoms with Crippen LogP contribution in [-0.2, 0) is 0 Å². The van der Waals surface area contributed by atoms with E-state index < -0.39 is 0 Å². The smallest absolute Gasteiger partial charge is 0.244 e. The van der Waals surface area contributed by atoms with Crippen LogP contribution in [0.5, 0.6) is 0 Å². The number of rotatable bonds is 5. The van der Waals surface area contributed by atoms with E-state index in [9.17, 15) is 0 Å². The van der Waals surface area contributed by atoms with Gasteiger partial charge < -0.3 is 4.42 Å². The highest BCUT2D eigenvalue weighted by Gasteiger charge is 2.08. The Hall–Kier alpha value is -3.73. The molecule has 0 atom stereocenters. The van der Waals surface area contributed by atoms with Crippen molar-refractivity contribution in [3.63, 3.8) is 0 Å². The molecule has 2 aromatic heterocycles. The highest BCUT2D eigenvalue weighted by molar-refractivity contribution is 5.76. The zero-order chi connectivity index (χ0) is 17.6. The maximum Gasteiger partial charge on any atom is 0.244 e. The van der Waals surface area contributed by atoms with Crippen LogP contribution in [-0.4, -0.2) is 16.2 Å². The van der Waals surface area contributed by atoms with E-state index in [0.717, 1.165) is 22.5 Å². The molecule has 126 valence electrons. The zero-order valence-corrected chi connectivity index (χ0v) is 13.9.